The van der Waals surface area contributed by atoms with Crippen LogP contribution in [0.1, 0.15) is 31.0 Å². The minimum absolute atomic E-state index is 0.137. The van der Waals surface area contributed by atoms with Gasteiger partial charge in [0.15, 0.2) is 0 Å². The van der Waals surface area contributed by atoms with Crippen molar-refractivity contribution in [3.05, 3.63) is 35.4 Å². The zero-order chi connectivity index (χ0) is 12.3. The summed E-state index contributed by atoms with van der Waals surface area (Å²) in [4.78, 5) is 0. The topological polar surface area (TPSA) is 38.0 Å². The van der Waals surface area contributed by atoms with Crippen LogP contribution in [0.25, 0.3) is 0 Å². The Morgan fingerprint density at radius 2 is 1.62 bits per heavy atom. The second-order valence-corrected chi connectivity index (χ2v) is 4.01. The summed E-state index contributed by atoms with van der Waals surface area (Å²) in [6.07, 6.45) is -4.29. The Kier molecular flexibility index (Phi) is 3.93. The molecule has 0 spiro atoms. The Bertz CT molecular complexity index is 330. The van der Waals surface area contributed by atoms with Crippen molar-refractivity contribution >= 4 is 0 Å². The van der Waals surface area contributed by atoms with Crippen molar-refractivity contribution < 1.29 is 13.2 Å². The van der Waals surface area contributed by atoms with E-state index in [2.05, 4.69) is 5.43 Å². The number of nitrogens with one attached hydrogen (secondary N) is 1. The Morgan fingerprint density at radius 1 is 1.12 bits per heavy atom. The first kappa shape index (κ1) is 13.0. The van der Waals surface area contributed by atoms with Crippen LogP contribution in [-0.2, 0) is 6.18 Å². The maximum atomic E-state index is 12.3. The number of nitrogens with two attached hydrogens (primary N) is 1. The average molecular weight is 232 g/mol. The molecule has 16 heavy (non-hydrogen) atoms. The van der Waals surface area contributed by atoms with Gasteiger partial charge in [0.05, 0.1) is 5.56 Å². The van der Waals surface area contributed by atoms with Crippen molar-refractivity contribution in [2.24, 2.45) is 11.8 Å². The summed E-state index contributed by atoms with van der Waals surface area (Å²) in [6.45, 7) is 3.89. The van der Waals surface area contributed by atoms with Crippen LogP contribution in [0.4, 0.5) is 13.2 Å². The normalized spacial score (nSPS) is 14.2. The van der Waals surface area contributed by atoms with E-state index >= 15 is 0 Å². The van der Waals surface area contributed by atoms with Crippen LogP contribution in [0.3, 0.4) is 0 Å². The molecule has 0 amide bonds. The van der Waals surface area contributed by atoms with Crippen molar-refractivity contribution in [1.82, 2.24) is 5.43 Å². The summed E-state index contributed by atoms with van der Waals surface area (Å²) in [7, 11) is 0. The molecule has 1 atom stereocenters. The van der Waals surface area contributed by atoms with Crippen LogP contribution in [0, 0.1) is 5.92 Å². The molecule has 0 fully saturated rings. The number of halogens is 3. The molecule has 0 aliphatic heterocycles. The van der Waals surface area contributed by atoms with Gasteiger partial charge in [0, 0.05) is 6.04 Å². The van der Waals surface area contributed by atoms with Gasteiger partial charge in [-0.1, -0.05) is 26.0 Å². The smallest absolute Gasteiger partial charge is 0.271 e. The van der Waals surface area contributed by atoms with E-state index in [1.165, 1.54) is 12.1 Å². The number of rotatable bonds is 3. The van der Waals surface area contributed by atoms with Crippen LogP contribution in [0.2, 0.25) is 0 Å². The van der Waals surface area contributed by atoms with Gasteiger partial charge >= 0.3 is 6.18 Å². The fraction of sp³-hybridized carbons (Fsp3) is 0.455. The standard InChI is InChI=1S/C11H15F3N2/c1-7(2)10(16-15)8-3-5-9(6-4-8)11(12,13)14/h3-7,10,16H,15H2,1-2H3. The Balaban J connectivity index is 2.94. The first-order valence-corrected chi connectivity index (χ1v) is 4.99. The molecular weight excluding hydrogens is 217 g/mol. The molecule has 0 aromatic heterocycles. The van der Waals surface area contributed by atoms with Crippen LogP contribution in [0.15, 0.2) is 24.3 Å². The number of hydrazine groups is 1. The Labute approximate surface area is 92.6 Å². The quantitative estimate of drug-likeness (QED) is 0.621. The van der Waals surface area contributed by atoms with Crippen LogP contribution in [0.5, 0.6) is 0 Å². The minimum atomic E-state index is -4.29. The molecule has 0 saturated heterocycles. The van der Waals surface area contributed by atoms with Gasteiger partial charge in [-0.05, 0) is 23.6 Å². The third kappa shape index (κ3) is 2.96. The maximum absolute atomic E-state index is 12.3. The van der Waals surface area contributed by atoms with E-state index < -0.39 is 11.7 Å². The van der Waals surface area contributed by atoms with Crippen molar-refractivity contribution in [2.45, 2.75) is 26.1 Å². The van der Waals surface area contributed by atoms with Gasteiger partial charge in [-0.25, -0.2) is 0 Å². The van der Waals surface area contributed by atoms with Crippen molar-refractivity contribution in [1.29, 1.82) is 0 Å². The summed E-state index contributed by atoms with van der Waals surface area (Å²) in [5.41, 5.74) is 2.71. The molecule has 0 aliphatic carbocycles. The van der Waals surface area contributed by atoms with Gasteiger partial charge in [0.1, 0.15) is 0 Å². The molecule has 3 N–H and O–H groups in total. The molecule has 0 aliphatic rings. The fourth-order valence-corrected chi connectivity index (χ4v) is 1.55. The van der Waals surface area contributed by atoms with Gasteiger partial charge in [0.2, 0.25) is 0 Å². The van der Waals surface area contributed by atoms with E-state index in [1.807, 2.05) is 13.8 Å². The third-order valence-electron chi connectivity index (χ3n) is 2.44. The zero-order valence-corrected chi connectivity index (χ0v) is 9.18. The lowest BCUT2D eigenvalue weighted by molar-refractivity contribution is -0.137. The molecule has 90 valence electrons. The number of alkyl halides is 3. The molecule has 1 aromatic rings. The van der Waals surface area contributed by atoms with E-state index in [4.69, 9.17) is 5.84 Å². The maximum Gasteiger partial charge on any atom is 0.416 e. The van der Waals surface area contributed by atoms with Gasteiger partial charge in [-0.3, -0.25) is 11.3 Å². The highest BCUT2D eigenvalue weighted by atomic mass is 19.4. The predicted molar refractivity (Wildman–Crippen MR) is 56.3 cm³/mol. The predicted octanol–water partition coefficient (Wildman–Crippen LogP) is 2.87. The van der Waals surface area contributed by atoms with Crippen LogP contribution >= 0.6 is 0 Å². The molecule has 0 heterocycles. The lowest BCUT2D eigenvalue weighted by Crippen LogP contribution is -2.31. The molecule has 0 saturated carbocycles. The number of benzene rings is 1. The summed E-state index contributed by atoms with van der Waals surface area (Å²) < 4.78 is 37.0. The van der Waals surface area contributed by atoms with E-state index in [0.29, 0.717) is 0 Å². The highest BCUT2D eigenvalue weighted by Crippen LogP contribution is 2.30. The molecular formula is C11H15F3N2. The molecule has 1 aromatic carbocycles. The van der Waals surface area contributed by atoms with Gasteiger partial charge in [-0.15, -0.1) is 0 Å². The fourth-order valence-electron chi connectivity index (χ4n) is 1.55. The highest BCUT2D eigenvalue weighted by molar-refractivity contribution is 5.27. The molecule has 5 heteroatoms. The van der Waals surface area contributed by atoms with Gasteiger partial charge in [-0.2, -0.15) is 13.2 Å². The van der Waals surface area contributed by atoms with Crippen molar-refractivity contribution in [3.8, 4) is 0 Å². The second-order valence-electron chi connectivity index (χ2n) is 4.01. The second kappa shape index (κ2) is 4.84. The molecule has 2 nitrogen and oxygen atoms in total. The highest BCUT2D eigenvalue weighted by Gasteiger charge is 2.30. The first-order chi connectivity index (χ1) is 7.36. The first-order valence-electron chi connectivity index (χ1n) is 4.99. The molecule has 1 rings (SSSR count). The van der Waals surface area contributed by atoms with Gasteiger partial charge in [0.25, 0.3) is 0 Å². The largest absolute Gasteiger partial charge is 0.416 e. The zero-order valence-electron chi connectivity index (χ0n) is 9.18. The Hall–Kier alpha value is -1.07. The minimum Gasteiger partial charge on any atom is -0.271 e. The SMILES string of the molecule is CC(C)C(NN)c1ccc(C(F)(F)F)cc1. The summed E-state index contributed by atoms with van der Waals surface area (Å²) >= 11 is 0. The third-order valence-corrected chi connectivity index (χ3v) is 2.44. The Morgan fingerprint density at radius 3 is 1.94 bits per heavy atom. The van der Waals surface area contributed by atoms with Crippen molar-refractivity contribution in [2.75, 3.05) is 0 Å². The van der Waals surface area contributed by atoms with E-state index in [0.717, 1.165) is 17.7 Å². The monoisotopic (exact) mass is 232 g/mol. The summed E-state index contributed by atoms with van der Waals surface area (Å²) in [5.74, 6) is 5.57. The van der Waals surface area contributed by atoms with E-state index in [-0.39, 0.29) is 12.0 Å². The molecule has 0 bridgehead atoms. The molecule has 1 unspecified atom stereocenters. The van der Waals surface area contributed by atoms with E-state index in [9.17, 15) is 13.2 Å². The lowest BCUT2D eigenvalue weighted by Gasteiger charge is -2.20. The van der Waals surface area contributed by atoms with Crippen LogP contribution < -0.4 is 11.3 Å². The van der Waals surface area contributed by atoms with Crippen LogP contribution in [-0.4, -0.2) is 0 Å². The van der Waals surface area contributed by atoms with Crippen molar-refractivity contribution in [3.63, 3.8) is 0 Å². The molecule has 0 radical (unpaired) electrons. The van der Waals surface area contributed by atoms with Gasteiger partial charge < -0.3 is 0 Å². The summed E-state index contributed by atoms with van der Waals surface area (Å²) in [5, 5.41) is 0. The average Bonchev–Trinajstić information content (AvgIpc) is 2.17. The lowest BCUT2D eigenvalue weighted by atomic mass is 9.96. The number of hydrogen-bond donors (Lipinski definition) is 2. The summed E-state index contributed by atoms with van der Waals surface area (Å²) in [6, 6.07) is 4.91. The van der Waals surface area contributed by atoms with E-state index in [1.54, 1.807) is 0 Å². The number of hydrogen-bond acceptors (Lipinski definition) is 2.